The minimum absolute atomic E-state index is 1.46. The molecule has 0 spiro atoms. The average molecular weight is 165 g/mol. The van der Waals surface area contributed by atoms with Crippen molar-refractivity contribution in [2.75, 3.05) is 0 Å². The molecule has 0 aliphatic heterocycles. The first kappa shape index (κ1) is 7.34. The molecule has 0 aromatic carbocycles. The Kier molecular flexibility index (Phi) is 2.17. The van der Waals surface area contributed by atoms with E-state index in [4.69, 9.17) is 39.9 Å². The highest BCUT2D eigenvalue weighted by atomic mass is 35.6. The van der Waals surface area contributed by atoms with Gasteiger partial charge >= 0.3 is 5.97 Å². The lowest BCUT2D eigenvalue weighted by Crippen LogP contribution is -2.16. The summed E-state index contributed by atoms with van der Waals surface area (Å²) in [5.41, 5.74) is 0. The summed E-state index contributed by atoms with van der Waals surface area (Å²) in [5.74, 6) is -1.46. The smallest absolute Gasteiger partial charge is 0.356 e. The van der Waals surface area contributed by atoms with E-state index in [1.54, 1.807) is 0 Å². The van der Waals surface area contributed by atoms with Crippen molar-refractivity contribution >= 4 is 40.8 Å². The molecule has 0 amide bonds. The first-order chi connectivity index (χ1) is 2.94. The fourth-order valence-corrected chi connectivity index (χ4v) is 0. The SMILES string of the molecule is O=[14C](O)C(Cl)(Cl)Cl. The Morgan fingerprint density at radius 2 is 1.57 bits per heavy atom. The van der Waals surface area contributed by atoms with Gasteiger partial charge in [0.15, 0.2) is 0 Å². The third-order valence-electron chi connectivity index (χ3n) is 0.243. The van der Waals surface area contributed by atoms with Crippen LogP contribution in [0.1, 0.15) is 0 Å². The molecule has 0 heterocycles. The minimum Gasteiger partial charge on any atom is -0.478 e. The summed E-state index contributed by atoms with van der Waals surface area (Å²) in [7, 11) is 0. The lowest BCUT2D eigenvalue weighted by atomic mass is 11.4. The van der Waals surface area contributed by atoms with Crippen LogP contribution < -0.4 is 0 Å². The van der Waals surface area contributed by atoms with Crippen LogP contribution in [0.4, 0.5) is 0 Å². The number of hydrogen-bond donors (Lipinski definition) is 1. The highest BCUT2D eigenvalue weighted by Crippen LogP contribution is 2.25. The van der Waals surface area contributed by atoms with Crippen LogP contribution in [0.25, 0.3) is 0 Å². The molecule has 1 N–H and O–H groups in total. The van der Waals surface area contributed by atoms with Crippen molar-refractivity contribution in [3.63, 3.8) is 0 Å². The zero-order valence-corrected chi connectivity index (χ0v) is 5.26. The van der Waals surface area contributed by atoms with Gasteiger partial charge in [0.2, 0.25) is 0 Å². The molecule has 0 saturated heterocycles. The van der Waals surface area contributed by atoms with Crippen molar-refractivity contribution in [2.45, 2.75) is 3.79 Å². The molecular formula is C2HCl3O2. The number of carboxylic acids is 1. The molecule has 0 aromatic heterocycles. The molecule has 5 heteroatoms. The summed E-state index contributed by atoms with van der Waals surface area (Å²) in [5, 5.41) is 7.85. The van der Waals surface area contributed by atoms with E-state index in [9.17, 15) is 4.79 Å². The van der Waals surface area contributed by atoms with E-state index in [1.807, 2.05) is 0 Å². The maximum Gasteiger partial charge on any atom is 0.356 e. The second kappa shape index (κ2) is 2.07. The van der Waals surface area contributed by atoms with Gasteiger partial charge in [0.1, 0.15) is 0 Å². The monoisotopic (exact) mass is 164 g/mol. The molecule has 7 heavy (non-hydrogen) atoms. The molecule has 0 radical (unpaired) electrons. The Bertz CT molecular complexity index is 83.4. The Hall–Kier alpha value is 0.340. The van der Waals surface area contributed by atoms with Gasteiger partial charge in [0.05, 0.1) is 0 Å². The summed E-state index contributed by atoms with van der Waals surface area (Å²) in [6.07, 6.45) is 0. The molecule has 0 saturated carbocycles. The normalized spacial score (nSPS) is 11.3. The van der Waals surface area contributed by atoms with Gasteiger partial charge in [0.25, 0.3) is 3.79 Å². The Labute approximate surface area is 55.0 Å². The Balaban J connectivity index is 3.79. The fourth-order valence-electron chi connectivity index (χ4n) is 0. The van der Waals surface area contributed by atoms with Crippen LogP contribution in [0.15, 0.2) is 0 Å². The summed E-state index contributed by atoms with van der Waals surface area (Å²) < 4.78 is -2.17. The highest BCUT2D eigenvalue weighted by molar-refractivity contribution is 6.75. The Morgan fingerprint density at radius 3 is 1.57 bits per heavy atom. The van der Waals surface area contributed by atoms with Gasteiger partial charge in [-0.15, -0.1) is 0 Å². The molecule has 0 aliphatic rings. The van der Waals surface area contributed by atoms with Crippen molar-refractivity contribution in [1.82, 2.24) is 0 Å². The number of aliphatic carboxylic acids is 1. The van der Waals surface area contributed by atoms with Gasteiger partial charge in [-0.25, -0.2) is 4.79 Å². The van der Waals surface area contributed by atoms with Crippen molar-refractivity contribution in [3.8, 4) is 0 Å². The third-order valence-corrected chi connectivity index (χ3v) is 0.728. The minimum atomic E-state index is -2.17. The van der Waals surface area contributed by atoms with Gasteiger partial charge < -0.3 is 5.11 Å². The third kappa shape index (κ3) is 2.97. The fraction of sp³-hybridized carbons (Fsp3) is 0.500. The molecule has 0 aliphatic carbocycles. The standard InChI is InChI=1S/C2HCl3O2/c3-2(4,5)1(6)7/h(H,6,7)/i1+2. The second-order valence-electron chi connectivity index (χ2n) is 0.803. The van der Waals surface area contributed by atoms with Crippen LogP contribution in [0.5, 0.6) is 0 Å². The van der Waals surface area contributed by atoms with Crippen molar-refractivity contribution in [1.29, 1.82) is 0 Å². The van der Waals surface area contributed by atoms with Crippen LogP contribution in [-0.2, 0) is 4.79 Å². The quantitative estimate of drug-likeness (QED) is 0.552. The van der Waals surface area contributed by atoms with Crippen LogP contribution >= 0.6 is 34.8 Å². The van der Waals surface area contributed by atoms with E-state index >= 15 is 0 Å². The van der Waals surface area contributed by atoms with Crippen molar-refractivity contribution in [3.05, 3.63) is 0 Å². The molecule has 0 bridgehead atoms. The number of halogens is 3. The molecule has 0 aromatic rings. The van der Waals surface area contributed by atoms with Crippen LogP contribution in [-0.4, -0.2) is 14.9 Å². The average Bonchev–Trinajstić information content (AvgIpc) is 1.31. The maximum atomic E-state index is 9.62. The van der Waals surface area contributed by atoms with E-state index in [1.165, 1.54) is 0 Å². The van der Waals surface area contributed by atoms with Crippen molar-refractivity contribution in [2.24, 2.45) is 0 Å². The highest BCUT2D eigenvalue weighted by Gasteiger charge is 2.29. The second-order valence-corrected chi connectivity index (χ2v) is 3.08. The first-order valence-corrected chi connectivity index (χ1v) is 2.38. The molecule has 0 atom stereocenters. The molecule has 0 rings (SSSR count). The number of carboxylic acid groups (broad SMARTS) is 1. The van der Waals surface area contributed by atoms with E-state index in [0.29, 0.717) is 0 Å². The molecule has 42 valence electrons. The topological polar surface area (TPSA) is 37.3 Å². The number of rotatable bonds is 0. The van der Waals surface area contributed by atoms with E-state index in [-0.39, 0.29) is 0 Å². The number of alkyl halides is 3. The zero-order chi connectivity index (χ0) is 6.08. The van der Waals surface area contributed by atoms with Crippen LogP contribution in [0.3, 0.4) is 0 Å². The van der Waals surface area contributed by atoms with Crippen LogP contribution in [0, 0.1) is 0 Å². The van der Waals surface area contributed by atoms with Gasteiger partial charge in [-0.2, -0.15) is 0 Å². The molecule has 2 nitrogen and oxygen atoms in total. The number of hydrogen-bond acceptors (Lipinski definition) is 1. The Morgan fingerprint density at radius 1 is 1.43 bits per heavy atom. The molecule has 0 unspecified atom stereocenters. The number of carbonyl (C=O) groups is 1. The molecule has 0 fully saturated rings. The van der Waals surface area contributed by atoms with E-state index < -0.39 is 9.76 Å². The largest absolute Gasteiger partial charge is 0.478 e. The van der Waals surface area contributed by atoms with E-state index in [2.05, 4.69) is 0 Å². The van der Waals surface area contributed by atoms with Gasteiger partial charge in [0, 0.05) is 0 Å². The molecular weight excluding hydrogens is 164 g/mol. The predicted octanol–water partition coefficient (Wildman–Crippen LogP) is 1.44. The van der Waals surface area contributed by atoms with Gasteiger partial charge in [-0.3, -0.25) is 0 Å². The van der Waals surface area contributed by atoms with Crippen molar-refractivity contribution < 1.29 is 9.90 Å². The summed E-state index contributed by atoms with van der Waals surface area (Å²) >= 11 is 14.4. The van der Waals surface area contributed by atoms with E-state index in [0.717, 1.165) is 0 Å². The summed E-state index contributed by atoms with van der Waals surface area (Å²) in [4.78, 5) is 9.62. The predicted molar refractivity (Wildman–Crippen MR) is 27.9 cm³/mol. The summed E-state index contributed by atoms with van der Waals surface area (Å²) in [6, 6.07) is 0. The lowest BCUT2D eigenvalue weighted by molar-refractivity contribution is -0.135. The van der Waals surface area contributed by atoms with Crippen LogP contribution in [0.2, 0.25) is 0 Å². The first-order valence-electron chi connectivity index (χ1n) is 1.24. The van der Waals surface area contributed by atoms with Gasteiger partial charge in [-0.1, -0.05) is 34.8 Å². The summed E-state index contributed by atoms with van der Waals surface area (Å²) in [6.45, 7) is 0. The maximum absolute atomic E-state index is 9.62. The van der Waals surface area contributed by atoms with Gasteiger partial charge in [-0.05, 0) is 0 Å². The lowest BCUT2D eigenvalue weighted by Gasteiger charge is -1.99. The zero-order valence-electron chi connectivity index (χ0n) is 2.99.